The van der Waals surface area contributed by atoms with Crippen LogP contribution < -0.4 is 19.7 Å². The summed E-state index contributed by atoms with van der Waals surface area (Å²) in [4.78, 5) is 13.4. The summed E-state index contributed by atoms with van der Waals surface area (Å²) in [6.45, 7) is 4.42. The molecule has 0 bridgehead atoms. The van der Waals surface area contributed by atoms with E-state index < -0.39 is 0 Å². The molecule has 7 heteroatoms. The minimum atomic E-state index is 0.204. The Morgan fingerprint density at radius 2 is 2.03 bits per heavy atom. The zero-order valence-corrected chi connectivity index (χ0v) is 17.0. The van der Waals surface area contributed by atoms with E-state index in [1.54, 1.807) is 7.11 Å². The number of terminal acetylenes is 1. The van der Waals surface area contributed by atoms with Gasteiger partial charge in [-0.25, -0.2) is 4.98 Å². The maximum atomic E-state index is 5.58. The molecule has 3 rings (SSSR count). The highest BCUT2D eigenvalue weighted by Crippen LogP contribution is 2.28. The van der Waals surface area contributed by atoms with Crippen LogP contribution in [0.15, 0.2) is 47.6 Å². The van der Waals surface area contributed by atoms with Gasteiger partial charge in [-0.15, -0.1) is 6.42 Å². The van der Waals surface area contributed by atoms with Gasteiger partial charge < -0.3 is 24.6 Å². The van der Waals surface area contributed by atoms with E-state index in [2.05, 4.69) is 31.0 Å². The molecule has 1 aliphatic rings. The van der Waals surface area contributed by atoms with Gasteiger partial charge in [-0.05, 0) is 29.8 Å². The van der Waals surface area contributed by atoms with Crippen LogP contribution in [-0.4, -0.2) is 62.8 Å². The molecule has 1 saturated heterocycles. The lowest BCUT2D eigenvalue weighted by molar-refractivity contribution is 0.330. The topological polar surface area (TPSA) is 62.2 Å². The molecule has 1 aliphatic heterocycles. The number of benzene rings is 1. The smallest absolute Gasteiger partial charge is 0.194 e. The number of nitrogens with one attached hydrogen (secondary N) is 1. The third kappa shape index (κ3) is 5.32. The zero-order valence-electron chi connectivity index (χ0n) is 17.0. The van der Waals surface area contributed by atoms with Crippen molar-refractivity contribution in [1.82, 2.24) is 15.2 Å². The van der Waals surface area contributed by atoms with Crippen molar-refractivity contribution in [1.29, 1.82) is 0 Å². The van der Waals surface area contributed by atoms with Gasteiger partial charge in [-0.3, -0.25) is 4.99 Å². The Kier molecular flexibility index (Phi) is 7.17. The molecule has 1 fully saturated rings. The van der Waals surface area contributed by atoms with Crippen molar-refractivity contribution in [3.8, 4) is 23.8 Å². The van der Waals surface area contributed by atoms with Crippen LogP contribution in [0.5, 0.6) is 11.5 Å². The molecule has 2 heterocycles. The molecule has 1 aromatic heterocycles. The number of aliphatic imine (C=N–C) groups is 1. The normalized spacial score (nSPS) is 14.3. The van der Waals surface area contributed by atoms with E-state index in [9.17, 15) is 0 Å². The van der Waals surface area contributed by atoms with Crippen molar-refractivity contribution in [3.05, 3.63) is 48.2 Å². The van der Waals surface area contributed by atoms with Crippen molar-refractivity contribution >= 4 is 11.8 Å². The van der Waals surface area contributed by atoms with Gasteiger partial charge in [-0.2, -0.15) is 0 Å². The van der Waals surface area contributed by atoms with Gasteiger partial charge in [-0.1, -0.05) is 18.1 Å². The molecule has 0 atom stereocenters. The first-order valence-corrected chi connectivity index (χ1v) is 9.60. The molecule has 0 saturated carbocycles. The number of nitrogens with zero attached hydrogens (tertiary/aromatic N) is 4. The average molecular weight is 393 g/mol. The molecule has 152 valence electrons. The molecule has 7 nitrogen and oxygen atoms in total. The lowest BCUT2D eigenvalue weighted by Crippen LogP contribution is -2.52. The van der Waals surface area contributed by atoms with E-state index in [0.29, 0.717) is 18.0 Å². The second kappa shape index (κ2) is 10.2. The fourth-order valence-electron chi connectivity index (χ4n) is 3.26. The number of guanidine groups is 1. The number of rotatable bonds is 6. The minimum Gasteiger partial charge on any atom is -0.493 e. The molecule has 1 N–H and O–H groups in total. The summed E-state index contributed by atoms with van der Waals surface area (Å²) in [7, 11) is 3.42. The second-order valence-electron chi connectivity index (χ2n) is 6.54. The van der Waals surface area contributed by atoms with Crippen LogP contribution in [0.3, 0.4) is 0 Å². The Hall–Kier alpha value is -3.40. The maximum absolute atomic E-state index is 5.58. The van der Waals surface area contributed by atoms with Crippen LogP contribution in [0.1, 0.15) is 5.56 Å². The number of anilines is 1. The molecule has 29 heavy (non-hydrogen) atoms. The molecular formula is C22H27N5O2. The number of hydrogen-bond donors (Lipinski definition) is 1. The summed E-state index contributed by atoms with van der Waals surface area (Å²) in [6.07, 6.45) is 7.13. The zero-order chi connectivity index (χ0) is 20.5. The van der Waals surface area contributed by atoms with Gasteiger partial charge in [0.1, 0.15) is 12.4 Å². The largest absolute Gasteiger partial charge is 0.493 e. The average Bonchev–Trinajstić information content (AvgIpc) is 2.79. The van der Waals surface area contributed by atoms with Gasteiger partial charge in [0.25, 0.3) is 0 Å². The van der Waals surface area contributed by atoms with Crippen LogP contribution in [0.4, 0.5) is 5.82 Å². The standard InChI is InChI=1S/C22H27N5O2/c1-4-15-29-20-16-18(8-9-19(20)28-3)17-25-22(23-2)27-13-11-26(12-14-27)21-7-5-6-10-24-21/h1,5-10,16H,11-15,17H2,2-3H3,(H,23,25). The Labute approximate surface area is 172 Å². The van der Waals surface area contributed by atoms with Gasteiger partial charge >= 0.3 is 0 Å². The SMILES string of the molecule is C#CCOc1cc(CNC(=NC)N2CCN(c3ccccn3)CC2)ccc1OC. The van der Waals surface area contributed by atoms with Crippen molar-refractivity contribution in [2.45, 2.75) is 6.54 Å². The molecule has 0 unspecified atom stereocenters. The highest BCUT2D eigenvalue weighted by atomic mass is 16.5. The third-order valence-corrected chi connectivity index (χ3v) is 4.75. The van der Waals surface area contributed by atoms with E-state index in [-0.39, 0.29) is 6.61 Å². The predicted octanol–water partition coefficient (Wildman–Crippen LogP) is 2.00. The highest BCUT2D eigenvalue weighted by Gasteiger charge is 2.20. The summed E-state index contributed by atoms with van der Waals surface area (Å²) in [5.74, 6) is 5.69. The number of piperazine rings is 1. The Morgan fingerprint density at radius 3 is 2.69 bits per heavy atom. The number of aromatic nitrogens is 1. The summed E-state index contributed by atoms with van der Waals surface area (Å²) >= 11 is 0. The third-order valence-electron chi connectivity index (χ3n) is 4.75. The molecule has 0 spiro atoms. The number of methoxy groups -OCH3 is 1. The molecule has 0 radical (unpaired) electrons. The van der Waals surface area contributed by atoms with Gasteiger partial charge in [0, 0.05) is 46.0 Å². The quantitative estimate of drug-likeness (QED) is 0.460. The van der Waals surface area contributed by atoms with Crippen molar-refractivity contribution in [3.63, 3.8) is 0 Å². The monoisotopic (exact) mass is 393 g/mol. The van der Waals surface area contributed by atoms with E-state index >= 15 is 0 Å². The maximum Gasteiger partial charge on any atom is 0.194 e. The highest BCUT2D eigenvalue weighted by molar-refractivity contribution is 5.80. The molecule has 0 amide bonds. The van der Waals surface area contributed by atoms with E-state index in [1.165, 1.54) is 0 Å². The van der Waals surface area contributed by atoms with E-state index in [0.717, 1.165) is 43.5 Å². The van der Waals surface area contributed by atoms with Gasteiger partial charge in [0.2, 0.25) is 0 Å². The molecule has 2 aromatic rings. The van der Waals surface area contributed by atoms with Gasteiger partial charge in [0.05, 0.1) is 7.11 Å². The Bertz CT molecular complexity index is 855. The second-order valence-corrected chi connectivity index (χ2v) is 6.54. The molecular weight excluding hydrogens is 366 g/mol. The molecule has 0 aliphatic carbocycles. The summed E-state index contributed by atoms with van der Waals surface area (Å²) in [5, 5.41) is 3.44. The summed E-state index contributed by atoms with van der Waals surface area (Å²) in [6, 6.07) is 11.8. The van der Waals surface area contributed by atoms with Crippen LogP contribution in [0.2, 0.25) is 0 Å². The van der Waals surface area contributed by atoms with Crippen LogP contribution in [0, 0.1) is 12.3 Å². The number of pyridine rings is 1. The fraction of sp³-hybridized carbons (Fsp3) is 0.364. The minimum absolute atomic E-state index is 0.204. The molecule has 1 aromatic carbocycles. The lowest BCUT2D eigenvalue weighted by Gasteiger charge is -2.37. The predicted molar refractivity (Wildman–Crippen MR) is 116 cm³/mol. The Balaban J connectivity index is 1.57. The first kappa shape index (κ1) is 20.3. The van der Waals surface area contributed by atoms with E-state index in [4.69, 9.17) is 15.9 Å². The summed E-state index contributed by atoms with van der Waals surface area (Å²) < 4.78 is 10.9. The lowest BCUT2D eigenvalue weighted by atomic mass is 10.2. The van der Waals surface area contributed by atoms with Crippen molar-refractivity contribution in [2.75, 3.05) is 51.8 Å². The van der Waals surface area contributed by atoms with Crippen molar-refractivity contribution < 1.29 is 9.47 Å². The van der Waals surface area contributed by atoms with Crippen LogP contribution in [0.25, 0.3) is 0 Å². The van der Waals surface area contributed by atoms with Crippen molar-refractivity contribution in [2.24, 2.45) is 4.99 Å². The fourth-order valence-corrected chi connectivity index (χ4v) is 3.26. The van der Waals surface area contributed by atoms with E-state index in [1.807, 2.05) is 49.6 Å². The number of ether oxygens (including phenoxy) is 2. The Morgan fingerprint density at radius 1 is 1.21 bits per heavy atom. The first-order chi connectivity index (χ1) is 14.2. The van der Waals surface area contributed by atoms with Crippen LogP contribution >= 0.6 is 0 Å². The number of hydrogen-bond acceptors (Lipinski definition) is 5. The summed E-state index contributed by atoms with van der Waals surface area (Å²) in [5.41, 5.74) is 1.06. The van der Waals surface area contributed by atoms with Gasteiger partial charge in [0.15, 0.2) is 17.5 Å². The van der Waals surface area contributed by atoms with Crippen LogP contribution in [-0.2, 0) is 6.54 Å². The first-order valence-electron chi connectivity index (χ1n) is 9.60.